The lowest BCUT2D eigenvalue weighted by Gasteiger charge is -2.47. The molecule has 2 bridgehead atoms. The largest absolute Gasteiger partial charge is 0.394 e. The van der Waals surface area contributed by atoms with Crippen LogP contribution in [0.4, 0.5) is 14.6 Å². The summed E-state index contributed by atoms with van der Waals surface area (Å²) in [7, 11) is 0. The molecule has 156 valence electrons. The molecule has 3 aromatic rings. The van der Waals surface area contributed by atoms with Crippen LogP contribution in [0.25, 0.3) is 22.3 Å². The second-order valence-corrected chi connectivity index (χ2v) is 8.49. The summed E-state index contributed by atoms with van der Waals surface area (Å²) < 4.78 is 33.4. The van der Waals surface area contributed by atoms with Crippen molar-refractivity contribution < 1.29 is 16.6 Å². The van der Waals surface area contributed by atoms with Crippen molar-refractivity contribution in [1.82, 2.24) is 15.0 Å². The summed E-state index contributed by atoms with van der Waals surface area (Å²) in [6, 6.07) is 4.16. The number of rotatable bonds is 4. The van der Waals surface area contributed by atoms with Crippen molar-refractivity contribution >= 4 is 45.7 Å². The van der Waals surface area contributed by atoms with Crippen LogP contribution < -0.4 is 5.32 Å². The third kappa shape index (κ3) is 3.32. The van der Waals surface area contributed by atoms with E-state index in [9.17, 15) is 13.6 Å². The first-order chi connectivity index (χ1) is 14.5. The van der Waals surface area contributed by atoms with E-state index in [-0.39, 0.29) is 47.2 Å². The SMILES string of the molecule is O=C(OI)[C@H]1C2CCC(CC2)[C@@H]1Nc1nc(-c2c[nH]c3ccc(F)cc23)ncc1F. The fourth-order valence-corrected chi connectivity index (χ4v) is 5.38. The predicted octanol–water partition coefficient (Wildman–Crippen LogP) is 5.01. The fraction of sp³-hybridized carbons (Fsp3) is 0.381. The van der Waals surface area contributed by atoms with E-state index in [1.54, 1.807) is 35.3 Å². The molecule has 0 saturated heterocycles. The van der Waals surface area contributed by atoms with Gasteiger partial charge in [-0.1, -0.05) is 0 Å². The summed E-state index contributed by atoms with van der Waals surface area (Å²) in [4.78, 5) is 24.0. The minimum absolute atomic E-state index is 0.0505. The highest BCUT2D eigenvalue weighted by Crippen LogP contribution is 2.47. The van der Waals surface area contributed by atoms with Crippen LogP contribution in [0.5, 0.6) is 0 Å². The standard InChI is InChI=1S/C21H19F2IN4O2/c22-12-5-6-16-13(7-12)14(8-25-16)19-26-9-15(23)20(28-19)27-18-11-3-1-10(2-4-11)17(18)21(29)30-24/h5-11,17-18,25H,1-4H2,(H,26,27,28)/t10?,11?,17-,18-/m0/s1. The van der Waals surface area contributed by atoms with Gasteiger partial charge in [0.05, 0.1) is 12.1 Å². The highest BCUT2D eigenvalue weighted by Gasteiger charge is 2.48. The molecular formula is C21H19F2IN4O2. The third-order valence-corrected chi connectivity index (χ3v) is 6.93. The first-order valence-electron chi connectivity index (χ1n) is 9.93. The van der Waals surface area contributed by atoms with Crippen molar-refractivity contribution in [2.75, 3.05) is 5.32 Å². The Labute approximate surface area is 185 Å². The molecule has 2 aromatic heterocycles. The van der Waals surface area contributed by atoms with E-state index in [1.807, 2.05) is 0 Å². The third-order valence-electron chi connectivity index (χ3n) is 6.50. The maximum Gasteiger partial charge on any atom is 0.320 e. The second-order valence-electron chi connectivity index (χ2n) is 8.05. The molecule has 1 aromatic carbocycles. The van der Waals surface area contributed by atoms with Gasteiger partial charge in [0.25, 0.3) is 0 Å². The van der Waals surface area contributed by atoms with Gasteiger partial charge in [-0.25, -0.2) is 18.7 Å². The fourth-order valence-electron chi connectivity index (χ4n) is 5.08. The minimum Gasteiger partial charge on any atom is -0.394 e. The maximum atomic E-state index is 14.6. The van der Waals surface area contributed by atoms with Crippen LogP contribution in [0.2, 0.25) is 0 Å². The van der Waals surface area contributed by atoms with Gasteiger partial charge in [-0.15, -0.1) is 0 Å². The Bertz CT molecular complexity index is 1110. The van der Waals surface area contributed by atoms with Crippen LogP contribution in [0.15, 0.2) is 30.6 Å². The number of aromatic nitrogens is 3. The zero-order valence-corrected chi connectivity index (χ0v) is 18.0. The van der Waals surface area contributed by atoms with Gasteiger partial charge in [0.1, 0.15) is 5.82 Å². The monoisotopic (exact) mass is 524 g/mol. The molecule has 6 nitrogen and oxygen atoms in total. The zero-order chi connectivity index (χ0) is 20.8. The first-order valence-corrected chi connectivity index (χ1v) is 10.8. The molecule has 3 fully saturated rings. The van der Waals surface area contributed by atoms with E-state index in [2.05, 4.69) is 20.3 Å². The molecule has 2 N–H and O–H groups in total. The van der Waals surface area contributed by atoms with E-state index in [1.165, 1.54) is 12.1 Å². The molecule has 2 heterocycles. The Hall–Kier alpha value is -2.30. The molecule has 0 spiro atoms. The zero-order valence-electron chi connectivity index (χ0n) is 15.9. The van der Waals surface area contributed by atoms with Crippen LogP contribution in [-0.4, -0.2) is 27.0 Å². The molecule has 3 aliphatic rings. The van der Waals surface area contributed by atoms with E-state index in [0.29, 0.717) is 10.9 Å². The van der Waals surface area contributed by atoms with E-state index < -0.39 is 5.82 Å². The van der Waals surface area contributed by atoms with Gasteiger partial charge in [0, 0.05) is 28.7 Å². The molecule has 9 heteroatoms. The second kappa shape index (κ2) is 7.75. The van der Waals surface area contributed by atoms with Gasteiger partial charge in [-0.3, -0.25) is 4.79 Å². The van der Waals surface area contributed by atoms with Crippen LogP contribution in [0, 0.1) is 29.4 Å². The number of benzene rings is 1. The Morgan fingerprint density at radius 3 is 2.73 bits per heavy atom. The van der Waals surface area contributed by atoms with Crippen molar-refractivity contribution in [3.05, 3.63) is 42.2 Å². The topological polar surface area (TPSA) is 79.9 Å². The Morgan fingerprint density at radius 2 is 1.97 bits per heavy atom. The molecule has 0 aliphatic heterocycles. The summed E-state index contributed by atoms with van der Waals surface area (Å²) >= 11 is 1.62. The number of anilines is 1. The molecule has 3 saturated carbocycles. The normalized spacial score (nSPS) is 25.4. The van der Waals surface area contributed by atoms with Gasteiger partial charge in [0.15, 0.2) is 40.5 Å². The van der Waals surface area contributed by atoms with Crippen LogP contribution in [0.1, 0.15) is 25.7 Å². The molecular weight excluding hydrogens is 505 g/mol. The number of halogens is 3. The van der Waals surface area contributed by atoms with Gasteiger partial charge in [0.2, 0.25) is 0 Å². The molecule has 30 heavy (non-hydrogen) atoms. The number of nitrogens with zero attached hydrogens (tertiary/aromatic N) is 2. The summed E-state index contributed by atoms with van der Waals surface area (Å²) in [5.74, 6) is -0.737. The lowest BCUT2D eigenvalue weighted by Crippen LogP contribution is -2.51. The molecule has 6 rings (SSSR count). The Kier molecular flexibility index (Phi) is 5.08. The Balaban J connectivity index is 1.50. The molecule has 0 radical (unpaired) electrons. The number of aromatic amines is 1. The van der Waals surface area contributed by atoms with E-state index in [0.717, 1.165) is 37.4 Å². The van der Waals surface area contributed by atoms with E-state index >= 15 is 0 Å². The average molecular weight is 524 g/mol. The van der Waals surface area contributed by atoms with Crippen LogP contribution >= 0.6 is 23.0 Å². The van der Waals surface area contributed by atoms with Crippen molar-refractivity contribution in [2.45, 2.75) is 31.7 Å². The average Bonchev–Trinajstić information content (AvgIpc) is 3.18. The number of nitrogens with one attached hydrogen (secondary N) is 2. The summed E-state index contributed by atoms with van der Waals surface area (Å²) in [5, 5.41) is 3.81. The number of carbonyl (C=O) groups is 1. The predicted molar refractivity (Wildman–Crippen MR) is 116 cm³/mol. The van der Waals surface area contributed by atoms with Gasteiger partial charge >= 0.3 is 5.97 Å². The lowest BCUT2D eigenvalue weighted by atomic mass is 9.61. The summed E-state index contributed by atoms with van der Waals surface area (Å²) in [5.41, 5.74) is 1.32. The molecule has 2 atom stereocenters. The van der Waals surface area contributed by atoms with E-state index in [4.69, 9.17) is 3.07 Å². The quantitative estimate of drug-likeness (QED) is 0.469. The molecule has 0 unspecified atom stereocenters. The lowest BCUT2D eigenvalue weighted by molar-refractivity contribution is -0.142. The number of hydrogen-bond donors (Lipinski definition) is 2. The van der Waals surface area contributed by atoms with Crippen molar-refractivity contribution in [3.8, 4) is 11.4 Å². The summed E-state index contributed by atoms with van der Waals surface area (Å²) in [6.45, 7) is 0. The molecule has 0 amide bonds. The Morgan fingerprint density at radius 1 is 1.20 bits per heavy atom. The highest BCUT2D eigenvalue weighted by atomic mass is 127. The summed E-state index contributed by atoms with van der Waals surface area (Å²) in [6.07, 6.45) is 6.74. The van der Waals surface area contributed by atoms with Gasteiger partial charge < -0.3 is 13.4 Å². The van der Waals surface area contributed by atoms with Crippen molar-refractivity contribution in [2.24, 2.45) is 17.8 Å². The van der Waals surface area contributed by atoms with Crippen molar-refractivity contribution in [3.63, 3.8) is 0 Å². The number of H-pyrrole nitrogens is 1. The smallest absolute Gasteiger partial charge is 0.320 e. The van der Waals surface area contributed by atoms with Gasteiger partial charge in [-0.2, -0.15) is 0 Å². The highest BCUT2D eigenvalue weighted by molar-refractivity contribution is 14.1. The number of hydrogen-bond acceptors (Lipinski definition) is 5. The number of fused-ring (bicyclic) bond motifs is 4. The van der Waals surface area contributed by atoms with Crippen molar-refractivity contribution in [1.29, 1.82) is 0 Å². The van der Waals surface area contributed by atoms with Crippen LogP contribution in [0.3, 0.4) is 0 Å². The first kappa shape index (κ1) is 19.7. The van der Waals surface area contributed by atoms with Crippen LogP contribution in [-0.2, 0) is 7.86 Å². The molecule has 3 aliphatic carbocycles. The minimum atomic E-state index is -0.590. The maximum absolute atomic E-state index is 14.6. The van der Waals surface area contributed by atoms with Gasteiger partial charge in [-0.05, 0) is 55.7 Å². The number of carbonyl (C=O) groups excluding carboxylic acids is 1.